The number of alkyl halides is 1. The van der Waals surface area contributed by atoms with E-state index in [1.165, 1.54) is 0 Å². The summed E-state index contributed by atoms with van der Waals surface area (Å²) in [5.74, 6) is 0.652. The second-order valence-corrected chi connectivity index (χ2v) is 8.26. The Morgan fingerprint density at radius 2 is 2.00 bits per heavy atom. The third-order valence-corrected chi connectivity index (χ3v) is 6.42. The smallest absolute Gasteiger partial charge is 0.243 e. The highest BCUT2D eigenvalue weighted by Crippen LogP contribution is 2.27. The molecule has 21 heavy (non-hydrogen) atoms. The van der Waals surface area contributed by atoms with E-state index in [9.17, 15) is 8.42 Å². The summed E-state index contributed by atoms with van der Waals surface area (Å²) >= 11 is 5.89. The molecule has 1 aromatic carbocycles. The first kappa shape index (κ1) is 16.7. The Hall–Kier alpha value is -0.620. The monoisotopic (exact) mass is 330 g/mol. The number of aryl methyl sites for hydroxylation is 1. The predicted molar refractivity (Wildman–Crippen MR) is 86.1 cm³/mol. The van der Waals surface area contributed by atoms with E-state index in [4.69, 9.17) is 11.6 Å². The maximum absolute atomic E-state index is 12.8. The summed E-state index contributed by atoms with van der Waals surface area (Å²) in [6, 6.07) is 5.46. The number of hydrogen-bond donors (Lipinski definition) is 0. The minimum absolute atomic E-state index is 0.262. The first-order chi connectivity index (χ1) is 9.77. The molecule has 6 heteroatoms. The van der Waals surface area contributed by atoms with Gasteiger partial charge in [-0.3, -0.25) is 0 Å². The molecule has 0 amide bonds. The summed E-state index contributed by atoms with van der Waals surface area (Å²) in [4.78, 5) is 2.44. The van der Waals surface area contributed by atoms with Crippen molar-refractivity contribution in [3.8, 4) is 0 Å². The van der Waals surface area contributed by atoms with Crippen LogP contribution in [0.15, 0.2) is 23.1 Å². The Bertz CT molecular complexity index is 616. The lowest BCUT2D eigenvalue weighted by molar-refractivity contribution is 0.263. The molecule has 0 saturated carbocycles. The van der Waals surface area contributed by atoms with Crippen molar-refractivity contribution >= 4 is 21.6 Å². The number of likely N-dealkylation sites (N-methyl/N-ethyl adjacent to an activating group) is 1. The summed E-state index contributed by atoms with van der Waals surface area (Å²) < 4.78 is 27.2. The van der Waals surface area contributed by atoms with Gasteiger partial charge in [0.25, 0.3) is 0 Å². The van der Waals surface area contributed by atoms with Crippen LogP contribution in [-0.4, -0.2) is 50.8 Å². The van der Waals surface area contributed by atoms with Crippen molar-refractivity contribution in [3.63, 3.8) is 0 Å². The fraction of sp³-hybridized carbons (Fsp3) is 0.600. The Kier molecular flexibility index (Phi) is 4.98. The standard InChI is InChI=1S/C15H23ClN2O2S/c1-11-5-6-14(7-13(11)8-16)21(19,20)18-9-12(2)15(10-18)17(3)4/h5-7,12,15H,8-10H2,1-4H3. The molecule has 2 atom stereocenters. The average molecular weight is 331 g/mol. The Morgan fingerprint density at radius 1 is 1.33 bits per heavy atom. The van der Waals surface area contributed by atoms with Gasteiger partial charge in [-0.1, -0.05) is 13.0 Å². The summed E-state index contributed by atoms with van der Waals surface area (Å²) in [6.45, 7) is 5.14. The van der Waals surface area contributed by atoms with Crippen LogP contribution in [0.5, 0.6) is 0 Å². The van der Waals surface area contributed by atoms with Crippen molar-refractivity contribution in [1.82, 2.24) is 9.21 Å². The van der Waals surface area contributed by atoms with E-state index >= 15 is 0 Å². The maximum Gasteiger partial charge on any atom is 0.243 e. The van der Waals surface area contributed by atoms with E-state index < -0.39 is 10.0 Å². The quantitative estimate of drug-likeness (QED) is 0.795. The largest absolute Gasteiger partial charge is 0.305 e. The zero-order valence-electron chi connectivity index (χ0n) is 13.0. The fourth-order valence-corrected chi connectivity index (χ4v) is 4.77. The van der Waals surface area contributed by atoms with Crippen LogP contribution in [0, 0.1) is 12.8 Å². The van der Waals surface area contributed by atoms with Gasteiger partial charge in [0.05, 0.1) is 4.90 Å². The highest BCUT2D eigenvalue weighted by molar-refractivity contribution is 7.89. The van der Waals surface area contributed by atoms with E-state index in [-0.39, 0.29) is 6.04 Å². The molecule has 1 aliphatic heterocycles. The van der Waals surface area contributed by atoms with Crippen LogP contribution in [0.25, 0.3) is 0 Å². The lowest BCUT2D eigenvalue weighted by Crippen LogP contribution is -2.35. The molecule has 2 unspecified atom stereocenters. The molecular weight excluding hydrogens is 308 g/mol. The molecular formula is C15H23ClN2O2S. The second-order valence-electron chi connectivity index (χ2n) is 6.05. The van der Waals surface area contributed by atoms with Gasteiger partial charge in [0.15, 0.2) is 0 Å². The van der Waals surface area contributed by atoms with Crippen LogP contribution >= 0.6 is 11.6 Å². The van der Waals surface area contributed by atoms with Crippen molar-refractivity contribution in [2.75, 3.05) is 27.2 Å². The third-order valence-electron chi connectivity index (χ3n) is 4.30. The lowest BCUT2D eigenvalue weighted by Gasteiger charge is -2.22. The zero-order chi connectivity index (χ0) is 15.8. The van der Waals surface area contributed by atoms with Gasteiger partial charge >= 0.3 is 0 Å². The molecule has 0 bridgehead atoms. The van der Waals surface area contributed by atoms with E-state index in [1.807, 2.05) is 27.1 Å². The Morgan fingerprint density at radius 3 is 2.52 bits per heavy atom. The number of sulfonamides is 1. The van der Waals surface area contributed by atoms with Crippen LogP contribution in [0.4, 0.5) is 0 Å². The molecule has 0 aliphatic carbocycles. The van der Waals surface area contributed by atoms with Gasteiger partial charge in [0.1, 0.15) is 0 Å². The maximum atomic E-state index is 12.8. The van der Waals surface area contributed by atoms with E-state index in [0.717, 1.165) is 11.1 Å². The number of benzene rings is 1. The first-order valence-corrected chi connectivity index (χ1v) is 9.07. The molecule has 2 rings (SSSR count). The van der Waals surface area contributed by atoms with Gasteiger partial charge in [0, 0.05) is 25.0 Å². The van der Waals surface area contributed by atoms with Gasteiger partial charge in [-0.2, -0.15) is 4.31 Å². The normalized spacial score (nSPS) is 23.9. The number of nitrogens with zero attached hydrogens (tertiary/aromatic N) is 2. The van der Waals surface area contributed by atoms with Crippen molar-refractivity contribution in [1.29, 1.82) is 0 Å². The van der Waals surface area contributed by atoms with Crippen LogP contribution < -0.4 is 0 Å². The highest BCUT2D eigenvalue weighted by atomic mass is 35.5. The Labute approximate surface area is 132 Å². The fourth-order valence-electron chi connectivity index (χ4n) is 2.88. The molecule has 1 aromatic rings. The lowest BCUT2D eigenvalue weighted by atomic mass is 10.1. The van der Waals surface area contributed by atoms with Crippen LogP contribution in [-0.2, 0) is 15.9 Å². The molecule has 0 aromatic heterocycles. The van der Waals surface area contributed by atoms with Crippen molar-refractivity contribution in [2.45, 2.75) is 30.7 Å². The van der Waals surface area contributed by atoms with Crippen LogP contribution in [0.1, 0.15) is 18.1 Å². The summed E-state index contributed by atoms with van der Waals surface area (Å²) in [7, 11) is 0.550. The van der Waals surface area contributed by atoms with Gasteiger partial charge in [0.2, 0.25) is 10.0 Å². The van der Waals surface area contributed by atoms with Crippen molar-refractivity contribution < 1.29 is 8.42 Å². The third kappa shape index (κ3) is 3.26. The number of halogens is 1. The minimum Gasteiger partial charge on any atom is -0.305 e. The molecule has 0 spiro atoms. The Balaban J connectivity index is 2.31. The summed E-state index contributed by atoms with van der Waals surface area (Å²) in [6.07, 6.45) is 0. The van der Waals surface area contributed by atoms with E-state index in [1.54, 1.807) is 16.4 Å². The second kappa shape index (κ2) is 6.24. The molecule has 1 heterocycles. The minimum atomic E-state index is -3.44. The molecule has 4 nitrogen and oxygen atoms in total. The van der Waals surface area contributed by atoms with Crippen LogP contribution in [0.3, 0.4) is 0 Å². The zero-order valence-corrected chi connectivity index (χ0v) is 14.6. The predicted octanol–water partition coefficient (Wildman–Crippen LogP) is 2.30. The van der Waals surface area contributed by atoms with Gasteiger partial charge < -0.3 is 4.90 Å². The van der Waals surface area contributed by atoms with Gasteiger partial charge in [-0.15, -0.1) is 11.6 Å². The summed E-state index contributed by atoms with van der Waals surface area (Å²) in [5.41, 5.74) is 1.89. The van der Waals surface area contributed by atoms with E-state index in [0.29, 0.717) is 29.8 Å². The number of rotatable bonds is 4. The molecule has 1 aliphatic rings. The highest BCUT2D eigenvalue weighted by Gasteiger charge is 2.38. The first-order valence-electron chi connectivity index (χ1n) is 7.09. The van der Waals surface area contributed by atoms with Gasteiger partial charge in [-0.25, -0.2) is 8.42 Å². The van der Waals surface area contributed by atoms with Gasteiger partial charge in [-0.05, 0) is 50.2 Å². The van der Waals surface area contributed by atoms with Crippen molar-refractivity contribution in [3.05, 3.63) is 29.3 Å². The SMILES string of the molecule is Cc1ccc(S(=O)(=O)N2CC(C)C(N(C)C)C2)cc1CCl. The molecule has 1 fully saturated rings. The van der Waals surface area contributed by atoms with Crippen molar-refractivity contribution in [2.24, 2.45) is 5.92 Å². The molecule has 118 valence electrons. The molecule has 0 radical (unpaired) electrons. The molecule has 1 saturated heterocycles. The van der Waals surface area contributed by atoms with Crippen LogP contribution in [0.2, 0.25) is 0 Å². The molecule has 0 N–H and O–H groups in total. The van der Waals surface area contributed by atoms with E-state index in [2.05, 4.69) is 11.8 Å². The topological polar surface area (TPSA) is 40.6 Å². The summed E-state index contributed by atoms with van der Waals surface area (Å²) in [5, 5.41) is 0. The number of hydrogen-bond acceptors (Lipinski definition) is 3. The average Bonchev–Trinajstić information content (AvgIpc) is 2.82.